The smallest absolute Gasteiger partial charge is 0.0599 e. The van der Waals surface area contributed by atoms with E-state index in [-0.39, 0.29) is 0 Å². The van der Waals surface area contributed by atoms with Crippen molar-refractivity contribution in [3.63, 3.8) is 0 Å². The zero-order valence-electron chi connectivity index (χ0n) is 10.2. The van der Waals surface area contributed by atoms with Crippen molar-refractivity contribution in [3.05, 3.63) is 0 Å². The third-order valence-corrected chi connectivity index (χ3v) is 4.38. The molecule has 0 saturated carbocycles. The summed E-state index contributed by atoms with van der Waals surface area (Å²) < 4.78 is 0. The fourth-order valence-corrected chi connectivity index (χ4v) is 3.96. The van der Waals surface area contributed by atoms with E-state index in [0.717, 1.165) is 5.92 Å². The normalized spacial score (nSPS) is 27.6. The minimum Gasteiger partial charge on any atom is -0.328 e. The predicted molar refractivity (Wildman–Crippen MR) is 66.2 cm³/mol. The summed E-state index contributed by atoms with van der Waals surface area (Å²) in [6, 6.07) is 0.374. The van der Waals surface area contributed by atoms with Gasteiger partial charge in [-0.05, 0) is 38.4 Å². The average molecular weight is 214 g/mol. The first-order valence-corrected chi connectivity index (χ1v) is 9.57. The first-order chi connectivity index (χ1) is 6.38. The van der Waals surface area contributed by atoms with Crippen LogP contribution < -0.4 is 5.73 Å². The van der Waals surface area contributed by atoms with Crippen molar-refractivity contribution in [1.82, 2.24) is 4.90 Å². The van der Waals surface area contributed by atoms with Crippen molar-refractivity contribution in [2.75, 3.05) is 19.3 Å². The summed E-state index contributed by atoms with van der Waals surface area (Å²) in [4.78, 5) is 2.64. The summed E-state index contributed by atoms with van der Waals surface area (Å²) in [5, 5.41) is 0. The van der Waals surface area contributed by atoms with Crippen molar-refractivity contribution < 1.29 is 0 Å². The summed E-state index contributed by atoms with van der Waals surface area (Å²) >= 11 is 0. The fourth-order valence-electron chi connectivity index (χ4n) is 2.33. The van der Waals surface area contributed by atoms with Gasteiger partial charge in [-0.25, -0.2) is 0 Å². The molecule has 0 radical (unpaired) electrons. The zero-order valence-corrected chi connectivity index (χ0v) is 11.2. The number of nitrogens with zero attached hydrogens (tertiary/aromatic N) is 1. The van der Waals surface area contributed by atoms with E-state index >= 15 is 0 Å². The van der Waals surface area contributed by atoms with E-state index in [0.29, 0.717) is 6.04 Å². The molecule has 0 aromatic rings. The van der Waals surface area contributed by atoms with Crippen LogP contribution >= 0.6 is 0 Å². The van der Waals surface area contributed by atoms with Gasteiger partial charge in [0.1, 0.15) is 0 Å². The molecule has 1 fully saturated rings. The molecule has 0 aromatic heterocycles. The Morgan fingerprint density at radius 1 is 1.43 bits per heavy atom. The van der Waals surface area contributed by atoms with Gasteiger partial charge in [-0.3, -0.25) is 0 Å². The molecule has 0 aromatic carbocycles. The third-order valence-electron chi connectivity index (χ3n) is 2.98. The highest BCUT2D eigenvalue weighted by Crippen LogP contribution is 2.20. The molecule has 0 amide bonds. The van der Waals surface area contributed by atoms with Gasteiger partial charge in [-0.1, -0.05) is 19.6 Å². The van der Waals surface area contributed by atoms with E-state index < -0.39 is 8.07 Å². The number of likely N-dealkylation sites (tertiary alicyclic amines) is 1. The molecule has 14 heavy (non-hydrogen) atoms. The SMILES string of the molecule is CC(N)C1CCCN(C[Si](C)(C)C)C1. The first-order valence-electron chi connectivity index (χ1n) is 5.86. The van der Waals surface area contributed by atoms with Gasteiger partial charge in [0.25, 0.3) is 0 Å². The Morgan fingerprint density at radius 3 is 2.57 bits per heavy atom. The lowest BCUT2D eigenvalue weighted by Crippen LogP contribution is -2.48. The number of rotatable bonds is 3. The Balaban J connectivity index is 2.40. The van der Waals surface area contributed by atoms with Gasteiger partial charge in [-0.2, -0.15) is 0 Å². The van der Waals surface area contributed by atoms with Crippen LogP contribution in [0.3, 0.4) is 0 Å². The van der Waals surface area contributed by atoms with Crippen LogP contribution in [0.1, 0.15) is 19.8 Å². The van der Waals surface area contributed by atoms with Crippen molar-refractivity contribution >= 4 is 8.07 Å². The Hall–Kier alpha value is 0.137. The van der Waals surface area contributed by atoms with Gasteiger partial charge in [0.05, 0.1) is 8.07 Å². The minimum absolute atomic E-state index is 0.374. The van der Waals surface area contributed by atoms with Crippen LogP contribution in [0.4, 0.5) is 0 Å². The van der Waals surface area contributed by atoms with E-state index in [9.17, 15) is 0 Å². The molecule has 2 nitrogen and oxygen atoms in total. The highest BCUT2D eigenvalue weighted by molar-refractivity contribution is 6.76. The van der Waals surface area contributed by atoms with Crippen LogP contribution in [-0.4, -0.2) is 38.3 Å². The van der Waals surface area contributed by atoms with Crippen LogP contribution in [0.15, 0.2) is 0 Å². The Labute approximate surface area is 89.9 Å². The van der Waals surface area contributed by atoms with Gasteiger partial charge >= 0.3 is 0 Å². The molecule has 3 heteroatoms. The second-order valence-electron chi connectivity index (χ2n) is 6.06. The molecule has 1 saturated heterocycles. The monoisotopic (exact) mass is 214 g/mol. The molecule has 84 valence electrons. The highest BCUT2D eigenvalue weighted by atomic mass is 28.3. The molecule has 1 rings (SSSR count). The molecule has 2 N–H and O–H groups in total. The van der Waals surface area contributed by atoms with Crippen molar-refractivity contribution in [2.24, 2.45) is 11.7 Å². The average Bonchev–Trinajstić information content (AvgIpc) is 2.01. The number of piperidine rings is 1. The topological polar surface area (TPSA) is 29.3 Å². The summed E-state index contributed by atoms with van der Waals surface area (Å²) in [5.41, 5.74) is 5.98. The lowest BCUT2D eigenvalue weighted by molar-refractivity contribution is 0.181. The molecular formula is C11H26N2Si. The lowest BCUT2D eigenvalue weighted by atomic mass is 9.93. The number of nitrogens with two attached hydrogens (primary N) is 1. The van der Waals surface area contributed by atoms with Crippen LogP contribution in [0, 0.1) is 5.92 Å². The minimum atomic E-state index is -0.924. The molecule has 2 unspecified atom stereocenters. The van der Waals surface area contributed by atoms with E-state index in [1.807, 2.05) is 0 Å². The second-order valence-corrected chi connectivity index (χ2v) is 11.5. The Bertz CT molecular complexity index is 175. The summed E-state index contributed by atoms with van der Waals surface area (Å²) in [7, 11) is -0.924. The van der Waals surface area contributed by atoms with Crippen LogP contribution in [0.2, 0.25) is 19.6 Å². The van der Waals surface area contributed by atoms with Gasteiger partial charge in [-0.15, -0.1) is 0 Å². The maximum absolute atomic E-state index is 5.98. The third kappa shape index (κ3) is 4.11. The lowest BCUT2D eigenvalue weighted by Gasteiger charge is -2.37. The summed E-state index contributed by atoms with van der Waals surface area (Å²) in [6.45, 7) is 12.0. The largest absolute Gasteiger partial charge is 0.328 e. The second kappa shape index (κ2) is 4.77. The predicted octanol–water partition coefficient (Wildman–Crippen LogP) is 1.92. The van der Waals surface area contributed by atoms with Crippen molar-refractivity contribution in [2.45, 2.75) is 45.4 Å². The van der Waals surface area contributed by atoms with Crippen LogP contribution in [-0.2, 0) is 0 Å². The Morgan fingerprint density at radius 2 is 2.07 bits per heavy atom. The van der Waals surface area contributed by atoms with E-state index in [2.05, 4.69) is 31.5 Å². The molecule has 0 bridgehead atoms. The van der Waals surface area contributed by atoms with Gasteiger partial charge in [0, 0.05) is 12.6 Å². The number of hydrogen-bond donors (Lipinski definition) is 1. The van der Waals surface area contributed by atoms with Crippen molar-refractivity contribution in [1.29, 1.82) is 0 Å². The van der Waals surface area contributed by atoms with Crippen molar-refractivity contribution in [3.8, 4) is 0 Å². The maximum atomic E-state index is 5.98. The van der Waals surface area contributed by atoms with E-state index in [1.165, 1.54) is 32.1 Å². The molecular weight excluding hydrogens is 188 g/mol. The van der Waals surface area contributed by atoms with Gasteiger partial charge in [0.15, 0.2) is 0 Å². The maximum Gasteiger partial charge on any atom is 0.0599 e. The molecule has 0 aliphatic carbocycles. The molecule has 1 aliphatic rings. The highest BCUT2D eigenvalue weighted by Gasteiger charge is 2.25. The summed E-state index contributed by atoms with van der Waals surface area (Å²) in [5.74, 6) is 0.736. The van der Waals surface area contributed by atoms with Crippen LogP contribution in [0.5, 0.6) is 0 Å². The summed E-state index contributed by atoms with van der Waals surface area (Å²) in [6.07, 6.45) is 4.02. The van der Waals surface area contributed by atoms with Crippen LogP contribution in [0.25, 0.3) is 0 Å². The molecule has 2 atom stereocenters. The molecule has 1 heterocycles. The fraction of sp³-hybridized carbons (Fsp3) is 1.00. The molecule has 0 spiro atoms. The van der Waals surface area contributed by atoms with E-state index in [1.54, 1.807) is 0 Å². The quantitative estimate of drug-likeness (QED) is 0.727. The zero-order chi connectivity index (χ0) is 10.8. The van der Waals surface area contributed by atoms with E-state index in [4.69, 9.17) is 5.73 Å². The standard InChI is InChI=1S/C11H26N2Si/c1-10(12)11-6-5-7-13(8-11)9-14(2,3)4/h10-11H,5-9,12H2,1-4H3. The first kappa shape index (κ1) is 12.2. The number of hydrogen-bond acceptors (Lipinski definition) is 2. The van der Waals surface area contributed by atoms with Gasteiger partial charge in [0.2, 0.25) is 0 Å². The van der Waals surface area contributed by atoms with Gasteiger partial charge < -0.3 is 10.6 Å². The molecule has 1 aliphatic heterocycles. The Kier molecular flexibility index (Phi) is 4.16.